The molecular formula is C29H33N3O4. The van der Waals surface area contributed by atoms with Crippen molar-refractivity contribution >= 4 is 23.2 Å². The minimum absolute atomic E-state index is 0.131. The van der Waals surface area contributed by atoms with E-state index in [4.69, 9.17) is 9.15 Å². The Bertz CT molecular complexity index is 1150. The van der Waals surface area contributed by atoms with Crippen molar-refractivity contribution in [1.82, 2.24) is 5.32 Å². The SMILES string of the molecule is Cc1ccc(N(C(=O)c2ccco2)[C@H](C(=O)NC2CCCC2)c2ccc(N3CCOCC3)cc2)cc1. The molecule has 36 heavy (non-hydrogen) atoms. The molecule has 1 saturated carbocycles. The fourth-order valence-electron chi connectivity index (χ4n) is 5.06. The third kappa shape index (κ3) is 5.31. The summed E-state index contributed by atoms with van der Waals surface area (Å²) in [6, 6.07) is 18.3. The Kier molecular flexibility index (Phi) is 7.37. The number of benzene rings is 2. The van der Waals surface area contributed by atoms with Crippen molar-refractivity contribution in [2.45, 2.75) is 44.7 Å². The number of hydrogen-bond acceptors (Lipinski definition) is 5. The number of carbonyl (C=O) groups excluding carboxylic acids is 2. The molecule has 0 unspecified atom stereocenters. The van der Waals surface area contributed by atoms with E-state index in [1.165, 1.54) is 6.26 Å². The summed E-state index contributed by atoms with van der Waals surface area (Å²) in [6.07, 6.45) is 5.62. The van der Waals surface area contributed by atoms with Gasteiger partial charge in [0.1, 0.15) is 6.04 Å². The summed E-state index contributed by atoms with van der Waals surface area (Å²) < 4.78 is 11.0. The van der Waals surface area contributed by atoms with Crippen LogP contribution in [0.15, 0.2) is 71.3 Å². The van der Waals surface area contributed by atoms with Gasteiger partial charge in [-0.15, -0.1) is 0 Å². The average molecular weight is 488 g/mol. The van der Waals surface area contributed by atoms with E-state index in [0.29, 0.717) is 18.9 Å². The molecule has 2 fully saturated rings. The molecule has 2 heterocycles. The monoisotopic (exact) mass is 487 g/mol. The number of morpholine rings is 1. The molecule has 2 amide bonds. The predicted octanol–water partition coefficient (Wildman–Crippen LogP) is 4.87. The molecule has 1 saturated heterocycles. The predicted molar refractivity (Wildman–Crippen MR) is 139 cm³/mol. The maximum absolute atomic E-state index is 13.9. The molecule has 7 nitrogen and oxygen atoms in total. The molecule has 0 bridgehead atoms. The number of amides is 2. The van der Waals surface area contributed by atoms with Crippen LogP contribution in [0.2, 0.25) is 0 Å². The lowest BCUT2D eigenvalue weighted by molar-refractivity contribution is -0.123. The number of rotatable bonds is 7. The van der Waals surface area contributed by atoms with E-state index in [2.05, 4.69) is 10.2 Å². The molecule has 0 spiro atoms. The van der Waals surface area contributed by atoms with E-state index < -0.39 is 6.04 Å². The molecule has 2 aromatic carbocycles. The lowest BCUT2D eigenvalue weighted by Gasteiger charge is -2.33. The van der Waals surface area contributed by atoms with Gasteiger partial charge >= 0.3 is 0 Å². The highest BCUT2D eigenvalue weighted by atomic mass is 16.5. The Labute approximate surface area is 212 Å². The maximum Gasteiger partial charge on any atom is 0.294 e. The smallest absolute Gasteiger partial charge is 0.294 e. The van der Waals surface area contributed by atoms with Gasteiger partial charge in [-0.25, -0.2) is 0 Å². The van der Waals surface area contributed by atoms with Crippen LogP contribution in [-0.4, -0.2) is 44.2 Å². The minimum Gasteiger partial charge on any atom is -0.459 e. The summed E-state index contributed by atoms with van der Waals surface area (Å²) in [5.41, 5.74) is 3.55. The normalized spacial score (nSPS) is 17.1. The summed E-state index contributed by atoms with van der Waals surface area (Å²) in [4.78, 5) is 31.5. The van der Waals surface area contributed by atoms with Crippen molar-refractivity contribution in [3.8, 4) is 0 Å². The van der Waals surface area contributed by atoms with Gasteiger partial charge in [-0.1, -0.05) is 42.7 Å². The van der Waals surface area contributed by atoms with Gasteiger partial charge in [0.05, 0.1) is 19.5 Å². The molecule has 2 aliphatic rings. The third-order valence-electron chi connectivity index (χ3n) is 7.06. The van der Waals surface area contributed by atoms with Crippen LogP contribution in [0.1, 0.15) is 53.4 Å². The lowest BCUT2D eigenvalue weighted by Crippen LogP contribution is -2.46. The first-order chi connectivity index (χ1) is 17.6. The minimum atomic E-state index is -0.843. The first-order valence-corrected chi connectivity index (χ1v) is 12.8. The van der Waals surface area contributed by atoms with Gasteiger partial charge in [-0.3, -0.25) is 14.5 Å². The molecule has 1 aliphatic heterocycles. The van der Waals surface area contributed by atoms with Crippen molar-refractivity contribution in [3.63, 3.8) is 0 Å². The van der Waals surface area contributed by atoms with Crippen molar-refractivity contribution in [3.05, 3.63) is 83.8 Å². The lowest BCUT2D eigenvalue weighted by atomic mass is 10.0. The number of furan rings is 1. The van der Waals surface area contributed by atoms with Gasteiger partial charge in [0.25, 0.3) is 5.91 Å². The molecule has 7 heteroatoms. The number of hydrogen-bond donors (Lipinski definition) is 1. The van der Waals surface area contributed by atoms with Crippen LogP contribution in [0.5, 0.6) is 0 Å². The zero-order valence-corrected chi connectivity index (χ0v) is 20.7. The quantitative estimate of drug-likeness (QED) is 0.515. The number of anilines is 2. The van der Waals surface area contributed by atoms with Crippen molar-refractivity contribution < 1.29 is 18.7 Å². The molecule has 1 aliphatic carbocycles. The van der Waals surface area contributed by atoms with Gasteiger partial charge < -0.3 is 19.4 Å². The van der Waals surface area contributed by atoms with E-state index >= 15 is 0 Å². The second-order valence-electron chi connectivity index (χ2n) is 9.57. The third-order valence-corrected chi connectivity index (χ3v) is 7.06. The van der Waals surface area contributed by atoms with E-state index in [-0.39, 0.29) is 23.6 Å². The van der Waals surface area contributed by atoms with Crippen LogP contribution < -0.4 is 15.1 Å². The molecule has 1 N–H and O–H groups in total. The molecule has 188 valence electrons. The summed E-state index contributed by atoms with van der Waals surface area (Å²) >= 11 is 0. The Morgan fingerprint density at radius 1 is 0.972 bits per heavy atom. The second-order valence-corrected chi connectivity index (χ2v) is 9.57. The van der Waals surface area contributed by atoms with Crippen molar-refractivity contribution in [1.29, 1.82) is 0 Å². The highest BCUT2D eigenvalue weighted by molar-refractivity contribution is 6.08. The standard InChI is InChI=1S/C29H33N3O4/c1-21-8-12-25(13-9-21)32(29(34)26-7-4-18-36-26)27(28(33)30-23-5-2-3-6-23)22-10-14-24(15-11-22)31-16-19-35-20-17-31/h4,7-15,18,23,27H,2-3,5-6,16-17,19-20H2,1H3,(H,30,33)/t27-/m0/s1. The number of carbonyl (C=O) groups is 2. The van der Waals surface area contributed by atoms with Crippen LogP contribution in [0, 0.1) is 6.92 Å². The second kappa shape index (κ2) is 11.0. The Hall–Kier alpha value is -3.58. The molecule has 0 radical (unpaired) electrons. The van der Waals surface area contributed by atoms with Crippen LogP contribution in [0.25, 0.3) is 0 Å². The molecule has 1 aromatic heterocycles. The molecule has 1 atom stereocenters. The highest BCUT2D eigenvalue weighted by Gasteiger charge is 2.36. The van der Waals surface area contributed by atoms with Gasteiger partial charge in [-0.05, 0) is 61.7 Å². The Balaban J connectivity index is 1.54. The summed E-state index contributed by atoms with van der Waals surface area (Å²) in [5, 5.41) is 3.23. The fraction of sp³-hybridized carbons (Fsp3) is 0.379. The van der Waals surface area contributed by atoms with Crippen LogP contribution in [0.3, 0.4) is 0 Å². The zero-order valence-electron chi connectivity index (χ0n) is 20.7. The first kappa shape index (κ1) is 24.1. The summed E-state index contributed by atoms with van der Waals surface area (Å²) in [7, 11) is 0. The summed E-state index contributed by atoms with van der Waals surface area (Å²) in [6.45, 7) is 5.06. The molecule has 3 aromatic rings. The Morgan fingerprint density at radius 3 is 2.31 bits per heavy atom. The number of ether oxygens (including phenoxy) is 1. The Morgan fingerprint density at radius 2 is 1.67 bits per heavy atom. The first-order valence-electron chi connectivity index (χ1n) is 12.8. The topological polar surface area (TPSA) is 75.0 Å². The largest absolute Gasteiger partial charge is 0.459 e. The van der Waals surface area contributed by atoms with E-state index in [0.717, 1.165) is 55.6 Å². The average Bonchev–Trinajstić information content (AvgIpc) is 3.63. The maximum atomic E-state index is 13.9. The number of nitrogens with one attached hydrogen (secondary N) is 1. The molecular weight excluding hydrogens is 454 g/mol. The van der Waals surface area contributed by atoms with Crippen LogP contribution in [0.4, 0.5) is 11.4 Å². The van der Waals surface area contributed by atoms with E-state index in [1.54, 1.807) is 17.0 Å². The summed E-state index contributed by atoms with van der Waals surface area (Å²) in [5.74, 6) is -0.339. The highest BCUT2D eigenvalue weighted by Crippen LogP contribution is 2.32. The fourth-order valence-corrected chi connectivity index (χ4v) is 5.06. The van der Waals surface area contributed by atoms with Gasteiger partial charge in [0.15, 0.2) is 5.76 Å². The van der Waals surface area contributed by atoms with E-state index in [9.17, 15) is 9.59 Å². The van der Waals surface area contributed by atoms with Crippen molar-refractivity contribution in [2.75, 3.05) is 36.1 Å². The van der Waals surface area contributed by atoms with Gasteiger partial charge in [0, 0.05) is 30.5 Å². The van der Waals surface area contributed by atoms with Crippen molar-refractivity contribution in [2.24, 2.45) is 0 Å². The van der Waals surface area contributed by atoms with Gasteiger partial charge in [0.2, 0.25) is 5.91 Å². The van der Waals surface area contributed by atoms with E-state index in [1.807, 2.05) is 55.5 Å². The van der Waals surface area contributed by atoms with Crippen LogP contribution in [-0.2, 0) is 9.53 Å². The number of aryl methyl sites for hydroxylation is 1. The number of nitrogens with zero attached hydrogens (tertiary/aromatic N) is 2. The molecule has 5 rings (SSSR count). The zero-order chi connectivity index (χ0) is 24.9. The van der Waals surface area contributed by atoms with Gasteiger partial charge in [-0.2, -0.15) is 0 Å². The van der Waals surface area contributed by atoms with Crippen LogP contribution >= 0.6 is 0 Å².